The van der Waals surface area contributed by atoms with E-state index < -0.39 is 5.41 Å². The maximum atomic E-state index is 11.7. The molecular formula is C15H20O4. The largest absolute Gasteiger partial charge is 0.507 e. The average molecular weight is 264 g/mol. The predicted molar refractivity (Wildman–Crippen MR) is 74.4 cm³/mol. The first-order valence-electron chi connectivity index (χ1n) is 5.93. The number of rotatable bonds is 5. The normalized spacial score (nSPS) is 11.0. The van der Waals surface area contributed by atoms with Crippen LogP contribution in [0.15, 0.2) is 18.7 Å². The van der Waals surface area contributed by atoms with Crippen LogP contribution in [-0.2, 0) is 5.41 Å². The van der Waals surface area contributed by atoms with E-state index in [-0.39, 0.29) is 17.1 Å². The lowest BCUT2D eigenvalue weighted by atomic mass is 9.82. The highest BCUT2D eigenvalue weighted by Gasteiger charge is 2.30. The molecule has 0 spiro atoms. The molecule has 104 valence electrons. The molecule has 0 saturated carbocycles. The van der Waals surface area contributed by atoms with Crippen molar-refractivity contribution in [2.75, 3.05) is 14.2 Å². The molecule has 0 unspecified atom stereocenters. The topological polar surface area (TPSA) is 55.8 Å². The van der Waals surface area contributed by atoms with E-state index in [0.717, 1.165) is 0 Å². The van der Waals surface area contributed by atoms with Gasteiger partial charge in [-0.3, -0.25) is 4.79 Å². The van der Waals surface area contributed by atoms with Gasteiger partial charge in [0.15, 0.2) is 5.78 Å². The molecular weight excluding hydrogens is 244 g/mol. The lowest BCUT2D eigenvalue weighted by molar-refractivity contribution is 0.101. The van der Waals surface area contributed by atoms with Crippen molar-refractivity contribution in [1.29, 1.82) is 0 Å². The van der Waals surface area contributed by atoms with Crippen molar-refractivity contribution in [3.8, 4) is 17.2 Å². The third-order valence-electron chi connectivity index (χ3n) is 3.18. The van der Waals surface area contributed by atoms with Crippen LogP contribution < -0.4 is 9.47 Å². The van der Waals surface area contributed by atoms with Crippen molar-refractivity contribution < 1.29 is 19.4 Å². The fourth-order valence-corrected chi connectivity index (χ4v) is 2.01. The smallest absolute Gasteiger partial charge is 0.167 e. The lowest BCUT2D eigenvalue weighted by Gasteiger charge is -2.26. The van der Waals surface area contributed by atoms with Gasteiger partial charge in [-0.25, -0.2) is 0 Å². The summed E-state index contributed by atoms with van der Waals surface area (Å²) in [5.74, 6) is 0.376. The Morgan fingerprint density at radius 2 is 1.84 bits per heavy atom. The maximum Gasteiger partial charge on any atom is 0.167 e. The Balaban J connectivity index is 3.76. The standard InChI is InChI=1S/C15H20O4/c1-7-15(3,4)13-11(19-6)8-10(18-5)12(9(2)16)14(13)17/h7-8,17H,1H2,2-6H3. The van der Waals surface area contributed by atoms with Crippen LogP contribution in [0.3, 0.4) is 0 Å². The number of hydrogen-bond donors (Lipinski definition) is 1. The molecule has 0 aliphatic heterocycles. The number of phenolic OH excluding ortho intramolecular Hbond substituents is 1. The number of allylic oxidation sites excluding steroid dienone is 1. The molecule has 4 nitrogen and oxygen atoms in total. The fraction of sp³-hybridized carbons (Fsp3) is 0.400. The van der Waals surface area contributed by atoms with Gasteiger partial charge in [0.25, 0.3) is 0 Å². The van der Waals surface area contributed by atoms with Gasteiger partial charge in [0.05, 0.1) is 14.2 Å². The molecule has 4 heteroatoms. The van der Waals surface area contributed by atoms with Crippen LogP contribution in [0.4, 0.5) is 0 Å². The summed E-state index contributed by atoms with van der Waals surface area (Å²) in [4.78, 5) is 11.7. The van der Waals surface area contributed by atoms with Crippen LogP contribution in [0.1, 0.15) is 36.7 Å². The summed E-state index contributed by atoms with van der Waals surface area (Å²) in [5, 5.41) is 10.4. The Labute approximate surface area is 113 Å². The van der Waals surface area contributed by atoms with Gasteiger partial charge in [-0.05, 0) is 6.92 Å². The molecule has 0 aromatic heterocycles. The van der Waals surface area contributed by atoms with E-state index in [0.29, 0.717) is 17.1 Å². The molecule has 0 fully saturated rings. The van der Waals surface area contributed by atoms with E-state index in [4.69, 9.17) is 9.47 Å². The summed E-state index contributed by atoms with van der Waals surface area (Å²) in [6.45, 7) is 8.91. The zero-order valence-corrected chi connectivity index (χ0v) is 12.0. The van der Waals surface area contributed by atoms with Crippen molar-refractivity contribution in [1.82, 2.24) is 0 Å². The summed E-state index contributed by atoms with van der Waals surface area (Å²) in [7, 11) is 2.95. The SMILES string of the molecule is C=CC(C)(C)c1c(OC)cc(OC)c(C(C)=O)c1O. The quantitative estimate of drug-likeness (QED) is 0.656. The number of ketones is 1. The number of aromatic hydroxyl groups is 1. The van der Waals surface area contributed by atoms with Crippen LogP contribution in [0.25, 0.3) is 0 Å². The molecule has 19 heavy (non-hydrogen) atoms. The fourth-order valence-electron chi connectivity index (χ4n) is 2.01. The summed E-state index contributed by atoms with van der Waals surface area (Å²) in [5.41, 5.74) is 0.149. The number of Topliss-reactive ketones (excluding diaryl/α,β-unsaturated/α-hetero) is 1. The number of benzene rings is 1. The van der Waals surface area contributed by atoms with Gasteiger partial charge in [0.2, 0.25) is 0 Å². The van der Waals surface area contributed by atoms with E-state index in [1.165, 1.54) is 21.1 Å². The number of ether oxygens (including phenoxy) is 2. The molecule has 1 aromatic carbocycles. The van der Waals surface area contributed by atoms with Crippen molar-refractivity contribution in [3.63, 3.8) is 0 Å². The second kappa shape index (κ2) is 5.34. The van der Waals surface area contributed by atoms with Gasteiger partial charge >= 0.3 is 0 Å². The van der Waals surface area contributed by atoms with Crippen molar-refractivity contribution in [2.24, 2.45) is 0 Å². The van der Waals surface area contributed by atoms with Gasteiger partial charge in [0.1, 0.15) is 22.8 Å². The van der Waals surface area contributed by atoms with Gasteiger partial charge < -0.3 is 14.6 Å². The zero-order chi connectivity index (χ0) is 14.8. The highest BCUT2D eigenvalue weighted by Crippen LogP contribution is 2.45. The van der Waals surface area contributed by atoms with E-state index in [1.807, 2.05) is 13.8 Å². The monoisotopic (exact) mass is 264 g/mol. The lowest BCUT2D eigenvalue weighted by Crippen LogP contribution is -2.16. The first-order chi connectivity index (χ1) is 8.80. The Bertz CT molecular complexity index is 515. The predicted octanol–water partition coefficient (Wildman–Crippen LogP) is 3.08. The Hall–Kier alpha value is -1.97. The first kappa shape index (κ1) is 15.1. The Kier molecular flexibility index (Phi) is 4.24. The third kappa shape index (κ3) is 2.57. The molecule has 1 rings (SSSR count). The van der Waals surface area contributed by atoms with Gasteiger partial charge in [-0.15, -0.1) is 6.58 Å². The van der Waals surface area contributed by atoms with E-state index in [1.54, 1.807) is 12.1 Å². The second-order valence-electron chi connectivity index (χ2n) is 4.86. The second-order valence-corrected chi connectivity index (χ2v) is 4.86. The van der Waals surface area contributed by atoms with Gasteiger partial charge in [-0.2, -0.15) is 0 Å². The minimum absolute atomic E-state index is 0.117. The molecule has 1 aromatic rings. The van der Waals surface area contributed by atoms with E-state index in [9.17, 15) is 9.90 Å². The Morgan fingerprint density at radius 1 is 1.32 bits per heavy atom. The zero-order valence-electron chi connectivity index (χ0n) is 12.0. The molecule has 0 atom stereocenters. The number of methoxy groups -OCH3 is 2. The maximum absolute atomic E-state index is 11.7. The number of hydrogen-bond acceptors (Lipinski definition) is 4. The third-order valence-corrected chi connectivity index (χ3v) is 3.18. The van der Waals surface area contributed by atoms with Crippen molar-refractivity contribution >= 4 is 5.78 Å². The molecule has 0 bridgehead atoms. The van der Waals surface area contributed by atoms with Crippen LogP contribution in [0.2, 0.25) is 0 Å². The van der Waals surface area contributed by atoms with Gasteiger partial charge in [0, 0.05) is 17.0 Å². The van der Waals surface area contributed by atoms with Crippen LogP contribution >= 0.6 is 0 Å². The number of carbonyl (C=O) groups is 1. The summed E-state index contributed by atoms with van der Waals surface area (Å²) in [6, 6.07) is 1.61. The van der Waals surface area contributed by atoms with Crippen LogP contribution in [-0.4, -0.2) is 25.1 Å². The van der Waals surface area contributed by atoms with Crippen LogP contribution in [0, 0.1) is 0 Å². The minimum atomic E-state index is -0.536. The number of carbonyl (C=O) groups excluding carboxylic acids is 1. The molecule has 0 aliphatic rings. The molecule has 0 radical (unpaired) electrons. The highest BCUT2D eigenvalue weighted by molar-refractivity contribution is 6.00. The van der Waals surface area contributed by atoms with E-state index in [2.05, 4.69) is 6.58 Å². The van der Waals surface area contributed by atoms with E-state index >= 15 is 0 Å². The highest BCUT2D eigenvalue weighted by atomic mass is 16.5. The molecule has 1 N–H and O–H groups in total. The van der Waals surface area contributed by atoms with Crippen LogP contribution in [0.5, 0.6) is 17.2 Å². The molecule has 0 heterocycles. The minimum Gasteiger partial charge on any atom is -0.507 e. The van der Waals surface area contributed by atoms with Crippen molar-refractivity contribution in [2.45, 2.75) is 26.2 Å². The van der Waals surface area contributed by atoms with Crippen molar-refractivity contribution in [3.05, 3.63) is 29.8 Å². The molecule has 0 aliphatic carbocycles. The summed E-state index contributed by atoms with van der Waals surface area (Å²) >= 11 is 0. The number of phenols is 1. The first-order valence-corrected chi connectivity index (χ1v) is 5.93. The Morgan fingerprint density at radius 3 is 2.21 bits per heavy atom. The average Bonchev–Trinajstić information content (AvgIpc) is 2.36. The molecule has 0 amide bonds. The van der Waals surface area contributed by atoms with Gasteiger partial charge in [-0.1, -0.05) is 19.9 Å². The summed E-state index contributed by atoms with van der Waals surface area (Å²) in [6.07, 6.45) is 1.70. The summed E-state index contributed by atoms with van der Waals surface area (Å²) < 4.78 is 10.4. The molecule has 0 saturated heterocycles.